The standard InChI is InChI=1S/C26H28ClNO10/c1-13-23(12-35-14(2)29)38-25(26(37-16(4)31)24(13)36-15(3)30)18-6-7-20(27)19(11-18)9-17-5-8-22(32)21(10-17)28(33)34/h5-8,10-11,13,23-26,32H,9,12H2,1-4H3/t13-,23-,24+,25+,26-/m1/s1. The smallest absolute Gasteiger partial charge is 0.310 e. The molecule has 12 heteroatoms. The quantitative estimate of drug-likeness (QED) is 0.221. The lowest BCUT2D eigenvalue weighted by atomic mass is 9.85. The third-order valence-corrected chi connectivity index (χ3v) is 6.50. The lowest BCUT2D eigenvalue weighted by molar-refractivity contribution is -0.385. The molecule has 1 aliphatic heterocycles. The fourth-order valence-corrected chi connectivity index (χ4v) is 4.55. The van der Waals surface area contributed by atoms with Crippen molar-refractivity contribution in [2.45, 2.75) is 58.5 Å². The molecule has 1 heterocycles. The third kappa shape index (κ3) is 6.99. The number of phenols is 1. The van der Waals surface area contributed by atoms with E-state index in [9.17, 15) is 29.6 Å². The van der Waals surface area contributed by atoms with Gasteiger partial charge in [-0.3, -0.25) is 24.5 Å². The van der Waals surface area contributed by atoms with Crippen LogP contribution in [0.1, 0.15) is 50.5 Å². The molecule has 1 N–H and O–H groups in total. The number of nitro benzene ring substituents is 1. The number of hydrogen-bond donors (Lipinski definition) is 1. The van der Waals surface area contributed by atoms with Gasteiger partial charge < -0.3 is 24.1 Å². The Hall–Kier alpha value is -3.70. The van der Waals surface area contributed by atoms with E-state index in [0.717, 1.165) is 0 Å². The highest BCUT2D eigenvalue weighted by Gasteiger charge is 2.48. The molecule has 1 fully saturated rings. The maximum absolute atomic E-state index is 12.0. The summed E-state index contributed by atoms with van der Waals surface area (Å²) >= 11 is 6.44. The number of rotatable bonds is 8. The van der Waals surface area contributed by atoms with Crippen molar-refractivity contribution in [3.8, 4) is 5.75 Å². The van der Waals surface area contributed by atoms with Gasteiger partial charge in [0.2, 0.25) is 0 Å². The highest BCUT2D eigenvalue weighted by Crippen LogP contribution is 2.40. The first-order valence-corrected chi connectivity index (χ1v) is 12.1. The predicted molar refractivity (Wildman–Crippen MR) is 134 cm³/mol. The Morgan fingerprint density at radius 3 is 2.29 bits per heavy atom. The van der Waals surface area contributed by atoms with Gasteiger partial charge in [-0.1, -0.05) is 36.7 Å². The summed E-state index contributed by atoms with van der Waals surface area (Å²) in [6.07, 6.45) is -3.37. The van der Waals surface area contributed by atoms with E-state index in [1.807, 2.05) is 0 Å². The minimum absolute atomic E-state index is 0.116. The van der Waals surface area contributed by atoms with Gasteiger partial charge in [0, 0.05) is 37.8 Å². The van der Waals surface area contributed by atoms with E-state index in [1.165, 1.54) is 39.0 Å². The molecule has 5 atom stereocenters. The minimum atomic E-state index is -1.02. The zero-order chi connectivity index (χ0) is 28.1. The number of phenolic OH excluding ortho intramolecular Hbond substituents is 1. The number of carbonyl (C=O) groups excluding carboxylic acids is 3. The first-order valence-electron chi connectivity index (χ1n) is 11.7. The van der Waals surface area contributed by atoms with Crippen LogP contribution in [0.2, 0.25) is 5.02 Å². The maximum Gasteiger partial charge on any atom is 0.310 e. The van der Waals surface area contributed by atoms with Crippen molar-refractivity contribution < 1.29 is 43.4 Å². The summed E-state index contributed by atoms with van der Waals surface area (Å²) in [5.41, 5.74) is 1.19. The predicted octanol–water partition coefficient (Wildman–Crippen LogP) is 4.05. The number of benzene rings is 2. The Bertz CT molecular complexity index is 1230. The molecule has 38 heavy (non-hydrogen) atoms. The number of halogens is 1. The van der Waals surface area contributed by atoms with Crippen LogP contribution >= 0.6 is 11.6 Å². The van der Waals surface area contributed by atoms with Gasteiger partial charge >= 0.3 is 23.6 Å². The van der Waals surface area contributed by atoms with Gasteiger partial charge in [0.05, 0.1) is 11.0 Å². The van der Waals surface area contributed by atoms with E-state index in [1.54, 1.807) is 25.1 Å². The van der Waals surface area contributed by atoms with Crippen molar-refractivity contribution in [1.29, 1.82) is 0 Å². The zero-order valence-corrected chi connectivity index (χ0v) is 22.0. The number of aromatic hydroxyl groups is 1. The van der Waals surface area contributed by atoms with Crippen LogP contribution in [0.3, 0.4) is 0 Å². The van der Waals surface area contributed by atoms with Gasteiger partial charge in [-0.2, -0.15) is 0 Å². The van der Waals surface area contributed by atoms with Crippen LogP contribution in [0.5, 0.6) is 5.75 Å². The monoisotopic (exact) mass is 549 g/mol. The molecule has 11 nitrogen and oxygen atoms in total. The second-order valence-electron chi connectivity index (χ2n) is 9.01. The van der Waals surface area contributed by atoms with Gasteiger partial charge in [-0.15, -0.1) is 0 Å². The normalized spacial score (nSPS) is 22.8. The van der Waals surface area contributed by atoms with Gasteiger partial charge in [-0.25, -0.2) is 0 Å². The van der Waals surface area contributed by atoms with E-state index in [2.05, 4.69) is 0 Å². The molecule has 0 bridgehead atoms. The van der Waals surface area contributed by atoms with Crippen molar-refractivity contribution in [2.75, 3.05) is 6.61 Å². The summed E-state index contributed by atoms with van der Waals surface area (Å²) in [7, 11) is 0. The Kier molecular flexibility index (Phi) is 9.29. The summed E-state index contributed by atoms with van der Waals surface area (Å²) in [5, 5.41) is 21.4. The van der Waals surface area contributed by atoms with E-state index in [0.29, 0.717) is 21.7 Å². The van der Waals surface area contributed by atoms with E-state index in [-0.39, 0.29) is 13.0 Å². The Morgan fingerprint density at radius 2 is 1.68 bits per heavy atom. The lowest BCUT2D eigenvalue weighted by Gasteiger charge is -2.44. The maximum atomic E-state index is 12.0. The fourth-order valence-electron chi connectivity index (χ4n) is 4.37. The molecule has 0 unspecified atom stereocenters. The number of hydrogen-bond acceptors (Lipinski definition) is 10. The molecule has 0 saturated carbocycles. The van der Waals surface area contributed by atoms with Gasteiger partial charge in [0.15, 0.2) is 11.9 Å². The molecule has 1 saturated heterocycles. The summed E-state index contributed by atoms with van der Waals surface area (Å²) in [4.78, 5) is 45.9. The number of nitrogens with zero attached hydrogens (tertiary/aromatic N) is 1. The average molecular weight is 550 g/mol. The highest BCUT2D eigenvalue weighted by molar-refractivity contribution is 6.31. The molecule has 0 amide bonds. The number of nitro groups is 1. The van der Waals surface area contributed by atoms with Crippen LogP contribution in [-0.4, -0.2) is 52.9 Å². The average Bonchev–Trinajstić information content (AvgIpc) is 2.82. The number of carbonyl (C=O) groups is 3. The van der Waals surface area contributed by atoms with Crippen molar-refractivity contribution in [2.24, 2.45) is 5.92 Å². The SMILES string of the molecule is CC(=O)OC[C@H]1O[C@@H](c2ccc(Cl)c(Cc3ccc(O)c([N+](=O)[O-])c3)c2)[C@H](OC(C)=O)[C@@H](OC(C)=O)[C@@H]1C. The van der Waals surface area contributed by atoms with E-state index in [4.69, 9.17) is 30.5 Å². The topological polar surface area (TPSA) is 152 Å². The molecule has 0 spiro atoms. The Morgan fingerprint density at radius 1 is 1.03 bits per heavy atom. The number of esters is 3. The van der Waals surface area contributed by atoms with Crippen molar-refractivity contribution in [3.63, 3.8) is 0 Å². The zero-order valence-electron chi connectivity index (χ0n) is 21.2. The van der Waals surface area contributed by atoms with Crippen molar-refractivity contribution in [1.82, 2.24) is 0 Å². The van der Waals surface area contributed by atoms with Crippen LogP contribution < -0.4 is 0 Å². The molecule has 1 aliphatic rings. The molecule has 3 rings (SSSR count). The number of ether oxygens (including phenoxy) is 4. The fraction of sp³-hybridized carbons (Fsp3) is 0.423. The van der Waals surface area contributed by atoms with E-state index < -0.39 is 64.6 Å². The molecule has 2 aromatic rings. The summed E-state index contributed by atoms with van der Waals surface area (Å²) in [6, 6.07) is 9.00. The van der Waals surface area contributed by atoms with Crippen LogP contribution in [-0.2, 0) is 39.8 Å². The molecule has 0 aromatic heterocycles. The second-order valence-corrected chi connectivity index (χ2v) is 9.42. The van der Waals surface area contributed by atoms with Crippen LogP contribution in [0, 0.1) is 16.0 Å². The minimum Gasteiger partial charge on any atom is -0.502 e. The van der Waals surface area contributed by atoms with Crippen molar-refractivity contribution in [3.05, 3.63) is 68.2 Å². The molecule has 2 aromatic carbocycles. The van der Waals surface area contributed by atoms with Crippen LogP contribution in [0.25, 0.3) is 0 Å². The van der Waals surface area contributed by atoms with Gasteiger partial charge in [0.25, 0.3) is 0 Å². The summed E-state index contributed by atoms with van der Waals surface area (Å²) in [6.45, 7) is 5.34. The second kappa shape index (κ2) is 12.2. The Labute approximate surface area is 223 Å². The molecule has 0 radical (unpaired) electrons. The Balaban J connectivity index is 2.02. The summed E-state index contributed by atoms with van der Waals surface area (Å²) < 4.78 is 22.5. The van der Waals surface area contributed by atoms with Gasteiger partial charge in [0.1, 0.15) is 18.8 Å². The lowest BCUT2D eigenvalue weighted by Crippen LogP contribution is -2.54. The first kappa shape index (κ1) is 28.9. The molecule has 0 aliphatic carbocycles. The van der Waals surface area contributed by atoms with Gasteiger partial charge in [-0.05, 0) is 35.2 Å². The van der Waals surface area contributed by atoms with Crippen LogP contribution in [0.15, 0.2) is 36.4 Å². The molecular formula is C26H28ClNO10. The first-order chi connectivity index (χ1) is 17.9. The van der Waals surface area contributed by atoms with E-state index >= 15 is 0 Å². The largest absolute Gasteiger partial charge is 0.502 e. The molecule has 204 valence electrons. The van der Waals surface area contributed by atoms with Crippen molar-refractivity contribution >= 4 is 35.2 Å². The van der Waals surface area contributed by atoms with Crippen LogP contribution in [0.4, 0.5) is 5.69 Å². The summed E-state index contributed by atoms with van der Waals surface area (Å²) in [5.74, 6) is -2.67. The third-order valence-electron chi connectivity index (χ3n) is 6.13. The highest BCUT2D eigenvalue weighted by atomic mass is 35.5. The molecular weight excluding hydrogens is 522 g/mol.